The van der Waals surface area contributed by atoms with Gasteiger partial charge in [0.05, 0.1) is 12.6 Å². The van der Waals surface area contributed by atoms with Crippen LogP contribution in [-0.2, 0) is 11.3 Å². The molecule has 0 bridgehead atoms. The predicted molar refractivity (Wildman–Crippen MR) is 73.1 cm³/mol. The molecule has 6 heteroatoms. The van der Waals surface area contributed by atoms with E-state index in [1.807, 2.05) is 0 Å². The molecule has 1 saturated heterocycles. The highest BCUT2D eigenvalue weighted by atomic mass is 16.5. The van der Waals surface area contributed by atoms with Crippen molar-refractivity contribution in [3.63, 3.8) is 0 Å². The Morgan fingerprint density at radius 1 is 1.42 bits per heavy atom. The summed E-state index contributed by atoms with van der Waals surface area (Å²) in [6.45, 7) is 8.70. The molecule has 0 saturated carbocycles. The Bertz CT molecular complexity index is 400. The summed E-state index contributed by atoms with van der Waals surface area (Å²) >= 11 is 0. The third kappa shape index (κ3) is 4.18. The fraction of sp³-hybridized carbons (Fsp3) is 0.846. The first-order valence-electron chi connectivity index (χ1n) is 6.83. The maximum absolute atomic E-state index is 5.70. The molecule has 2 rings (SSSR count). The van der Waals surface area contributed by atoms with E-state index >= 15 is 0 Å². The molecule has 108 valence electrons. The Morgan fingerprint density at radius 2 is 2.21 bits per heavy atom. The van der Waals surface area contributed by atoms with Crippen LogP contribution >= 0.6 is 0 Å². The minimum Gasteiger partial charge on any atom is -0.407 e. The van der Waals surface area contributed by atoms with Crippen molar-refractivity contribution in [1.82, 2.24) is 15.5 Å². The van der Waals surface area contributed by atoms with E-state index in [0.29, 0.717) is 18.5 Å². The molecule has 19 heavy (non-hydrogen) atoms. The van der Waals surface area contributed by atoms with Gasteiger partial charge >= 0.3 is 6.01 Å². The van der Waals surface area contributed by atoms with Gasteiger partial charge in [-0.15, -0.1) is 5.10 Å². The Hall–Kier alpha value is -1.14. The van der Waals surface area contributed by atoms with Crippen LogP contribution < -0.4 is 10.2 Å². The second-order valence-electron chi connectivity index (χ2n) is 6.03. The smallest absolute Gasteiger partial charge is 0.318 e. The van der Waals surface area contributed by atoms with Gasteiger partial charge in [-0.2, -0.15) is 0 Å². The van der Waals surface area contributed by atoms with Gasteiger partial charge in [0.15, 0.2) is 0 Å². The summed E-state index contributed by atoms with van der Waals surface area (Å²) in [5, 5.41) is 11.5. The van der Waals surface area contributed by atoms with Crippen molar-refractivity contribution in [1.29, 1.82) is 0 Å². The largest absolute Gasteiger partial charge is 0.407 e. The zero-order chi connectivity index (χ0) is 13.9. The highest BCUT2D eigenvalue weighted by Gasteiger charge is 2.23. The quantitative estimate of drug-likeness (QED) is 0.894. The Balaban J connectivity index is 1.93. The summed E-state index contributed by atoms with van der Waals surface area (Å²) in [5.74, 6) is 0.629. The van der Waals surface area contributed by atoms with Crippen LogP contribution in [0.4, 0.5) is 6.01 Å². The van der Waals surface area contributed by atoms with Gasteiger partial charge in [-0.3, -0.25) is 0 Å². The lowest BCUT2D eigenvalue weighted by Gasteiger charge is -2.30. The summed E-state index contributed by atoms with van der Waals surface area (Å²) in [6, 6.07) is 0.604. The predicted octanol–water partition coefficient (Wildman–Crippen LogP) is 1.57. The van der Waals surface area contributed by atoms with Crippen LogP contribution in [0.25, 0.3) is 0 Å². The fourth-order valence-electron chi connectivity index (χ4n) is 2.09. The first-order chi connectivity index (χ1) is 8.98. The molecule has 0 spiro atoms. The highest BCUT2D eigenvalue weighted by molar-refractivity contribution is 5.25. The molecule has 0 aromatic carbocycles. The molecule has 6 nitrogen and oxygen atoms in total. The van der Waals surface area contributed by atoms with Gasteiger partial charge in [0, 0.05) is 25.7 Å². The Morgan fingerprint density at radius 3 is 2.89 bits per heavy atom. The maximum Gasteiger partial charge on any atom is 0.318 e. The van der Waals surface area contributed by atoms with Crippen molar-refractivity contribution in [2.75, 3.05) is 25.1 Å². The van der Waals surface area contributed by atoms with E-state index < -0.39 is 0 Å². The molecule has 2 heterocycles. The molecule has 1 aromatic rings. The molecule has 1 unspecified atom stereocenters. The van der Waals surface area contributed by atoms with E-state index in [1.165, 1.54) is 0 Å². The van der Waals surface area contributed by atoms with E-state index in [0.717, 1.165) is 25.9 Å². The minimum absolute atomic E-state index is 0.0426. The lowest BCUT2D eigenvalue weighted by Crippen LogP contribution is -2.39. The topological polar surface area (TPSA) is 63.4 Å². The number of aromatic nitrogens is 2. The van der Waals surface area contributed by atoms with Crippen molar-refractivity contribution in [3.8, 4) is 0 Å². The van der Waals surface area contributed by atoms with E-state index in [9.17, 15) is 0 Å². The first-order valence-corrected chi connectivity index (χ1v) is 6.83. The third-order valence-electron chi connectivity index (χ3n) is 3.21. The molecule has 1 fully saturated rings. The summed E-state index contributed by atoms with van der Waals surface area (Å²) in [6.07, 6.45) is 2.45. The molecule has 1 aromatic heterocycles. The molecule has 0 aliphatic carbocycles. The van der Waals surface area contributed by atoms with Crippen molar-refractivity contribution >= 4 is 6.01 Å². The average molecular weight is 268 g/mol. The average Bonchev–Trinajstić information content (AvgIpc) is 2.84. The number of nitrogens with zero attached hydrogens (tertiary/aromatic N) is 3. The van der Waals surface area contributed by atoms with Gasteiger partial charge in [0.1, 0.15) is 0 Å². The standard InChI is InChI=1S/C13H24N4O2/c1-13(2,3)14-8-11-15-16-12(19-11)17-7-5-6-10(9-17)18-4/h10,14H,5-9H2,1-4H3. The van der Waals surface area contributed by atoms with E-state index in [4.69, 9.17) is 9.15 Å². The first kappa shape index (κ1) is 14.3. The molecular weight excluding hydrogens is 244 g/mol. The second kappa shape index (κ2) is 5.88. The van der Waals surface area contributed by atoms with Gasteiger partial charge in [0.2, 0.25) is 5.89 Å². The number of piperidine rings is 1. The molecular formula is C13H24N4O2. The summed E-state index contributed by atoms with van der Waals surface area (Å²) in [4.78, 5) is 2.10. The van der Waals surface area contributed by atoms with Gasteiger partial charge in [-0.05, 0) is 33.6 Å². The van der Waals surface area contributed by atoms with Crippen LogP contribution in [0.15, 0.2) is 4.42 Å². The lowest BCUT2D eigenvalue weighted by molar-refractivity contribution is 0.0879. The van der Waals surface area contributed by atoms with Gasteiger partial charge in [0.25, 0.3) is 0 Å². The zero-order valence-electron chi connectivity index (χ0n) is 12.3. The van der Waals surface area contributed by atoms with Crippen LogP contribution in [-0.4, -0.2) is 42.0 Å². The molecule has 0 radical (unpaired) electrons. The Labute approximate surface area is 114 Å². The summed E-state index contributed by atoms with van der Waals surface area (Å²) < 4.78 is 11.1. The highest BCUT2D eigenvalue weighted by Crippen LogP contribution is 2.20. The lowest BCUT2D eigenvalue weighted by atomic mass is 10.1. The number of rotatable bonds is 4. The molecule has 1 aliphatic heterocycles. The number of methoxy groups -OCH3 is 1. The molecule has 1 atom stereocenters. The molecule has 1 N–H and O–H groups in total. The zero-order valence-corrected chi connectivity index (χ0v) is 12.3. The third-order valence-corrected chi connectivity index (χ3v) is 3.21. The van der Waals surface area contributed by atoms with Crippen molar-refractivity contribution in [2.45, 2.75) is 51.8 Å². The van der Waals surface area contributed by atoms with Crippen molar-refractivity contribution in [2.24, 2.45) is 0 Å². The van der Waals surface area contributed by atoms with Crippen LogP contribution in [0.5, 0.6) is 0 Å². The van der Waals surface area contributed by atoms with Gasteiger partial charge in [-0.1, -0.05) is 5.10 Å². The fourth-order valence-corrected chi connectivity index (χ4v) is 2.09. The number of anilines is 1. The normalized spacial score (nSPS) is 20.8. The monoisotopic (exact) mass is 268 g/mol. The molecule has 0 amide bonds. The second-order valence-corrected chi connectivity index (χ2v) is 6.03. The van der Waals surface area contributed by atoms with Crippen LogP contribution in [0.1, 0.15) is 39.5 Å². The number of hydrogen-bond donors (Lipinski definition) is 1. The Kier molecular flexibility index (Phi) is 4.42. The van der Waals surface area contributed by atoms with Crippen LogP contribution in [0.2, 0.25) is 0 Å². The summed E-state index contributed by atoms with van der Waals surface area (Å²) in [5.41, 5.74) is 0.0426. The van der Waals surface area contributed by atoms with E-state index in [1.54, 1.807) is 7.11 Å². The van der Waals surface area contributed by atoms with Gasteiger partial charge < -0.3 is 19.4 Å². The summed E-state index contributed by atoms with van der Waals surface area (Å²) in [7, 11) is 1.75. The number of hydrogen-bond acceptors (Lipinski definition) is 6. The van der Waals surface area contributed by atoms with Crippen molar-refractivity contribution < 1.29 is 9.15 Å². The minimum atomic E-state index is 0.0426. The van der Waals surface area contributed by atoms with E-state index in [-0.39, 0.29) is 11.6 Å². The van der Waals surface area contributed by atoms with Gasteiger partial charge in [-0.25, -0.2) is 0 Å². The van der Waals surface area contributed by atoms with Crippen LogP contribution in [0, 0.1) is 0 Å². The van der Waals surface area contributed by atoms with E-state index in [2.05, 4.69) is 41.2 Å². The number of nitrogens with one attached hydrogen (secondary N) is 1. The maximum atomic E-state index is 5.70. The number of ether oxygens (including phenoxy) is 1. The van der Waals surface area contributed by atoms with Crippen LogP contribution in [0.3, 0.4) is 0 Å². The van der Waals surface area contributed by atoms with Crippen molar-refractivity contribution in [3.05, 3.63) is 5.89 Å². The SMILES string of the molecule is COC1CCCN(c2nnc(CNC(C)(C)C)o2)C1. The molecule has 1 aliphatic rings.